The zero-order valence-corrected chi connectivity index (χ0v) is 25.1. The fourth-order valence-electron chi connectivity index (χ4n) is 4.29. The number of amides is 3. The lowest BCUT2D eigenvalue weighted by molar-refractivity contribution is -0.114. The van der Waals surface area contributed by atoms with Crippen LogP contribution in [-0.2, 0) is 9.59 Å². The molecule has 0 heterocycles. The zero-order valence-electron chi connectivity index (χ0n) is 23.5. The summed E-state index contributed by atoms with van der Waals surface area (Å²) in [5.41, 5.74) is 4.53. The first-order valence-electron chi connectivity index (χ1n) is 13.8. The first-order chi connectivity index (χ1) is 21.4. The van der Waals surface area contributed by atoms with Crippen molar-refractivity contribution in [1.82, 2.24) is 5.32 Å². The first-order valence-corrected chi connectivity index (χ1v) is 15.1. The molecule has 0 unspecified atom stereocenters. The molecule has 3 amide bonds. The van der Waals surface area contributed by atoms with E-state index in [0.717, 1.165) is 21.6 Å². The van der Waals surface area contributed by atoms with Crippen LogP contribution in [0.1, 0.15) is 15.9 Å². The Kier molecular flexibility index (Phi) is 10.3. The van der Waals surface area contributed by atoms with E-state index in [4.69, 9.17) is 11.6 Å². The monoisotopic (exact) mass is 617 g/mol. The van der Waals surface area contributed by atoms with Crippen LogP contribution in [0.15, 0.2) is 144 Å². The summed E-state index contributed by atoms with van der Waals surface area (Å²) in [7, 11) is 0. The van der Waals surface area contributed by atoms with Gasteiger partial charge in [0.25, 0.3) is 11.8 Å². The third kappa shape index (κ3) is 8.70. The minimum absolute atomic E-state index is 0.0882. The number of benzene rings is 5. The number of halogens is 1. The minimum atomic E-state index is -0.484. The average Bonchev–Trinajstić information content (AvgIpc) is 3.05. The van der Waals surface area contributed by atoms with Crippen molar-refractivity contribution in [3.8, 4) is 11.1 Å². The Balaban J connectivity index is 1.30. The van der Waals surface area contributed by atoms with Gasteiger partial charge < -0.3 is 16.0 Å². The second-order valence-electron chi connectivity index (χ2n) is 9.70. The van der Waals surface area contributed by atoms with E-state index < -0.39 is 11.8 Å². The second kappa shape index (κ2) is 14.9. The van der Waals surface area contributed by atoms with Gasteiger partial charge in [0, 0.05) is 26.9 Å². The van der Waals surface area contributed by atoms with Crippen LogP contribution >= 0.6 is 23.4 Å². The lowest BCUT2D eigenvalue weighted by Crippen LogP contribution is -2.30. The smallest absolute Gasteiger partial charge is 0.272 e. The van der Waals surface area contributed by atoms with Crippen molar-refractivity contribution >= 4 is 58.5 Å². The normalized spacial score (nSPS) is 11.0. The van der Waals surface area contributed by atoms with Gasteiger partial charge in [0.2, 0.25) is 5.91 Å². The van der Waals surface area contributed by atoms with Gasteiger partial charge in [-0.25, -0.2) is 0 Å². The lowest BCUT2D eigenvalue weighted by Gasteiger charge is -2.12. The number of hydrogen-bond donors (Lipinski definition) is 3. The van der Waals surface area contributed by atoms with Crippen molar-refractivity contribution in [3.63, 3.8) is 0 Å². The Bertz CT molecular complexity index is 1790. The van der Waals surface area contributed by atoms with E-state index in [9.17, 15) is 14.4 Å². The number of hydrogen-bond acceptors (Lipinski definition) is 4. The summed E-state index contributed by atoms with van der Waals surface area (Å²) in [6.07, 6.45) is 1.64. The van der Waals surface area contributed by atoms with Crippen LogP contribution in [0.5, 0.6) is 0 Å². The van der Waals surface area contributed by atoms with E-state index in [2.05, 4.69) is 16.0 Å². The quantitative estimate of drug-likeness (QED) is 0.109. The van der Waals surface area contributed by atoms with E-state index in [1.165, 1.54) is 11.8 Å². The lowest BCUT2D eigenvalue weighted by atomic mass is 10.0. The molecule has 0 bridgehead atoms. The average molecular weight is 618 g/mol. The maximum atomic E-state index is 13.5. The molecule has 5 rings (SSSR count). The van der Waals surface area contributed by atoms with Crippen molar-refractivity contribution in [2.75, 3.05) is 16.4 Å². The standard InChI is InChI=1S/C36H28ClN3O3S/c37-29-13-7-14-30(22-29)38-34(41)24-44-32-16-8-15-31(23-32)39-36(43)33(40-35(42)28-11-5-2-6-12-28)21-25-17-19-27(20-18-25)26-9-3-1-4-10-26/h1-23H,24H2,(H,38,41)(H,39,43)(H,40,42)/b33-21+. The summed E-state index contributed by atoms with van der Waals surface area (Å²) < 4.78 is 0. The predicted molar refractivity (Wildman–Crippen MR) is 180 cm³/mol. The molecule has 5 aromatic carbocycles. The molecule has 6 nitrogen and oxygen atoms in total. The van der Waals surface area contributed by atoms with Gasteiger partial charge in [-0.2, -0.15) is 0 Å². The summed E-state index contributed by atoms with van der Waals surface area (Å²) in [5.74, 6) is -0.898. The van der Waals surface area contributed by atoms with Crippen LogP contribution in [0.25, 0.3) is 17.2 Å². The Morgan fingerprint density at radius 1 is 0.659 bits per heavy atom. The highest BCUT2D eigenvalue weighted by Crippen LogP contribution is 2.24. The highest BCUT2D eigenvalue weighted by molar-refractivity contribution is 8.00. The molecule has 0 radical (unpaired) electrons. The van der Waals surface area contributed by atoms with Crippen molar-refractivity contribution in [2.24, 2.45) is 0 Å². The molecule has 218 valence electrons. The van der Waals surface area contributed by atoms with Gasteiger partial charge in [-0.15, -0.1) is 11.8 Å². The summed E-state index contributed by atoms with van der Waals surface area (Å²) in [6.45, 7) is 0. The van der Waals surface area contributed by atoms with Gasteiger partial charge in [-0.1, -0.05) is 96.5 Å². The number of carbonyl (C=O) groups is 3. The second-order valence-corrected chi connectivity index (χ2v) is 11.2. The molecule has 0 aliphatic heterocycles. The molecule has 0 saturated heterocycles. The van der Waals surface area contributed by atoms with Gasteiger partial charge in [0.15, 0.2) is 0 Å². The van der Waals surface area contributed by atoms with Gasteiger partial charge in [-0.05, 0) is 71.3 Å². The molecule has 0 saturated carbocycles. The fourth-order valence-corrected chi connectivity index (χ4v) is 5.23. The Morgan fingerprint density at radius 2 is 1.30 bits per heavy atom. The molecule has 3 N–H and O–H groups in total. The molecule has 44 heavy (non-hydrogen) atoms. The summed E-state index contributed by atoms with van der Waals surface area (Å²) in [6, 6.07) is 40.6. The van der Waals surface area contributed by atoms with Gasteiger partial charge >= 0.3 is 0 Å². The van der Waals surface area contributed by atoms with E-state index in [-0.39, 0.29) is 17.4 Å². The molecule has 0 aliphatic rings. The number of anilines is 2. The van der Waals surface area contributed by atoms with Crippen LogP contribution < -0.4 is 16.0 Å². The van der Waals surface area contributed by atoms with E-state index in [1.54, 1.807) is 72.8 Å². The summed E-state index contributed by atoms with van der Waals surface area (Å²) in [5, 5.41) is 9.01. The van der Waals surface area contributed by atoms with E-state index in [0.29, 0.717) is 22.0 Å². The molecule has 0 aliphatic carbocycles. The number of carbonyl (C=O) groups excluding carboxylic acids is 3. The maximum Gasteiger partial charge on any atom is 0.272 e. The maximum absolute atomic E-state index is 13.5. The van der Waals surface area contributed by atoms with E-state index >= 15 is 0 Å². The first kappa shape index (κ1) is 30.4. The summed E-state index contributed by atoms with van der Waals surface area (Å²) >= 11 is 7.33. The Hall–Kier alpha value is -5.11. The van der Waals surface area contributed by atoms with E-state index in [1.807, 2.05) is 66.7 Å². The van der Waals surface area contributed by atoms with Crippen molar-refractivity contribution in [2.45, 2.75) is 4.90 Å². The van der Waals surface area contributed by atoms with Crippen molar-refractivity contribution < 1.29 is 14.4 Å². The molecule has 0 aromatic heterocycles. The number of rotatable bonds is 10. The Morgan fingerprint density at radius 3 is 2.00 bits per heavy atom. The van der Waals surface area contributed by atoms with Gasteiger partial charge in [0.05, 0.1) is 5.75 Å². The Labute approximate surface area is 265 Å². The van der Waals surface area contributed by atoms with Gasteiger partial charge in [-0.3, -0.25) is 14.4 Å². The fraction of sp³-hybridized carbons (Fsp3) is 0.0278. The molecule has 0 fully saturated rings. The molecule has 5 aromatic rings. The van der Waals surface area contributed by atoms with Gasteiger partial charge in [0.1, 0.15) is 5.70 Å². The van der Waals surface area contributed by atoms with Crippen LogP contribution in [0.4, 0.5) is 11.4 Å². The third-order valence-corrected chi connectivity index (χ3v) is 7.66. The van der Waals surface area contributed by atoms with Crippen molar-refractivity contribution in [3.05, 3.63) is 155 Å². The molecular formula is C36H28ClN3O3S. The van der Waals surface area contributed by atoms with Crippen LogP contribution in [0.3, 0.4) is 0 Å². The highest BCUT2D eigenvalue weighted by atomic mass is 35.5. The zero-order chi connectivity index (χ0) is 30.7. The van der Waals surface area contributed by atoms with Crippen molar-refractivity contribution in [1.29, 1.82) is 0 Å². The summed E-state index contributed by atoms with van der Waals surface area (Å²) in [4.78, 5) is 39.8. The highest BCUT2D eigenvalue weighted by Gasteiger charge is 2.16. The minimum Gasteiger partial charge on any atom is -0.325 e. The van der Waals surface area contributed by atoms with Crippen LogP contribution in [-0.4, -0.2) is 23.5 Å². The molecule has 8 heteroatoms. The molecular weight excluding hydrogens is 590 g/mol. The topological polar surface area (TPSA) is 87.3 Å². The SMILES string of the molecule is O=C(CSc1cccc(NC(=O)/C(=C\c2ccc(-c3ccccc3)cc2)NC(=O)c2ccccc2)c1)Nc1cccc(Cl)c1. The number of thioether (sulfide) groups is 1. The molecule has 0 spiro atoms. The third-order valence-electron chi connectivity index (χ3n) is 6.43. The predicted octanol–water partition coefficient (Wildman–Crippen LogP) is 8.15. The largest absolute Gasteiger partial charge is 0.325 e. The van der Waals surface area contributed by atoms with Crippen LogP contribution in [0.2, 0.25) is 5.02 Å². The molecule has 0 atom stereocenters. The number of nitrogens with one attached hydrogen (secondary N) is 3. The van der Waals surface area contributed by atoms with Crippen LogP contribution in [0, 0.1) is 0 Å².